The lowest BCUT2D eigenvalue weighted by Crippen LogP contribution is -2.53. The van der Waals surface area contributed by atoms with Crippen LogP contribution < -0.4 is 0 Å². The zero-order chi connectivity index (χ0) is 16.5. The molecule has 128 valence electrons. The van der Waals surface area contributed by atoms with Crippen LogP contribution in [0.5, 0.6) is 0 Å². The molecule has 1 spiro atoms. The Morgan fingerprint density at radius 3 is 2.57 bits per heavy atom. The number of hydrogen-bond acceptors (Lipinski definition) is 4. The number of aromatic nitrogens is 1. The molecule has 0 unspecified atom stereocenters. The number of nitrogens with zero attached hydrogens (tertiary/aromatic N) is 1. The second kappa shape index (κ2) is 6.26. The van der Waals surface area contributed by atoms with Gasteiger partial charge in [-0.15, -0.1) is 0 Å². The summed E-state index contributed by atoms with van der Waals surface area (Å²) in [6, 6.07) is 1.17. The van der Waals surface area contributed by atoms with Crippen LogP contribution in [-0.2, 0) is 14.8 Å². The van der Waals surface area contributed by atoms with E-state index in [1.807, 2.05) is 0 Å². The molecule has 0 radical (unpaired) electrons. The molecule has 2 N–H and O–H groups in total. The number of carbonyl (C=O) groups is 1. The molecular weight excluding hydrogens is 320 g/mol. The van der Waals surface area contributed by atoms with E-state index in [2.05, 4.69) is 4.98 Å². The third kappa shape index (κ3) is 3.29. The monoisotopic (exact) mass is 342 g/mol. The Morgan fingerprint density at radius 2 is 1.96 bits per heavy atom. The second-order valence-corrected chi connectivity index (χ2v) is 8.28. The van der Waals surface area contributed by atoms with E-state index in [1.54, 1.807) is 0 Å². The van der Waals surface area contributed by atoms with Crippen LogP contribution >= 0.6 is 0 Å². The molecule has 3 rings (SSSR count). The van der Waals surface area contributed by atoms with Crippen LogP contribution in [0.25, 0.3) is 0 Å². The molecule has 0 aromatic carbocycles. The van der Waals surface area contributed by atoms with Crippen molar-refractivity contribution in [3.8, 4) is 0 Å². The van der Waals surface area contributed by atoms with Gasteiger partial charge in [0.05, 0.1) is 12.2 Å². The minimum Gasteiger partial charge on any atom is -0.477 e. The molecule has 0 atom stereocenters. The first-order chi connectivity index (χ1) is 10.9. The van der Waals surface area contributed by atoms with Crippen molar-refractivity contribution in [2.45, 2.75) is 49.0 Å². The van der Waals surface area contributed by atoms with E-state index in [0.717, 1.165) is 38.5 Å². The summed E-state index contributed by atoms with van der Waals surface area (Å²) in [4.78, 5) is 13.4. The van der Waals surface area contributed by atoms with Gasteiger partial charge < -0.3 is 14.8 Å². The standard InChI is InChI=1S/C15H22N2O5S/c18-14(19)13-9-12(10-16-13)23(20,21)17-7-8-22-15(11-17)5-3-1-2-4-6-15/h9-10,16H,1-8,11H2,(H,18,19). The predicted octanol–water partition coefficient (Wildman–Crippen LogP) is 1.83. The number of sulfonamides is 1. The zero-order valence-corrected chi connectivity index (χ0v) is 13.8. The third-order valence-electron chi connectivity index (χ3n) is 4.75. The molecule has 0 amide bonds. The molecule has 7 nitrogen and oxygen atoms in total. The molecule has 2 fully saturated rings. The third-order valence-corrected chi connectivity index (χ3v) is 6.58. The molecule has 1 saturated heterocycles. The van der Waals surface area contributed by atoms with Gasteiger partial charge in [0.25, 0.3) is 0 Å². The van der Waals surface area contributed by atoms with E-state index in [1.165, 1.54) is 16.6 Å². The fourth-order valence-electron chi connectivity index (χ4n) is 3.49. The molecule has 0 bridgehead atoms. The number of hydrogen-bond donors (Lipinski definition) is 2. The Hall–Kier alpha value is -1.38. The van der Waals surface area contributed by atoms with Gasteiger partial charge in [-0.25, -0.2) is 13.2 Å². The molecule has 2 aliphatic rings. The van der Waals surface area contributed by atoms with Crippen molar-refractivity contribution in [1.29, 1.82) is 0 Å². The highest BCUT2D eigenvalue weighted by Crippen LogP contribution is 2.35. The van der Waals surface area contributed by atoms with Gasteiger partial charge in [-0.2, -0.15) is 4.31 Å². The number of aromatic amines is 1. The molecule has 1 aromatic heterocycles. The number of aromatic carboxylic acids is 1. The summed E-state index contributed by atoms with van der Waals surface area (Å²) in [5.41, 5.74) is -0.505. The largest absolute Gasteiger partial charge is 0.477 e. The van der Waals surface area contributed by atoms with Gasteiger partial charge in [0, 0.05) is 19.3 Å². The van der Waals surface area contributed by atoms with Gasteiger partial charge in [-0.05, 0) is 18.9 Å². The first-order valence-electron chi connectivity index (χ1n) is 7.99. The maximum absolute atomic E-state index is 12.8. The van der Waals surface area contributed by atoms with Crippen molar-refractivity contribution in [3.63, 3.8) is 0 Å². The molecule has 1 aliphatic carbocycles. The van der Waals surface area contributed by atoms with E-state index in [4.69, 9.17) is 9.84 Å². The molecule has 23 heavy (non-hydrogen) atoms. The Labute approximate surface area is 135 Å². The number of carboxylic acids is 1. The fraction of sp³-hybridized carbons (Fsp3) is 0.667. The van der Waals surface area contributed by atoms with Crippen LogP contribution in [0.4, 0.5) is 0 Å². The van der Waals surface area contributed by atoms with Crippen molar-refractivity contribution >= 4 is 16.0 Å². The predicted molar refractivity (Wildman–Crippen MR) is 82.9 cm³/mol. The van der Waals surface area contributed by atoms with Crippen molar-refractivity contribution in [2.24, 2.45) is 0 Å². The zero-order valence-electron chi connectivity index (χ0n) is 13.0. The van der Waals surface area contributed by atoms with Crippen LogP contribution in [-0.4, -0.2) is 54.1 Å². The van der Waals surface area contributed by atoms with Gasteiger partial charge in [-0.1, -0.05) is 25.7 Å². The summed E-state index contributed by atoms with van der Waals surface area (Å²) in [6.45, 7) is 1.04. The van der Waals surface area contributed by atoms with Crippen molar-refractivity contribution in [2.75, 3.05) is 19.7 Å². The van der Waals surface area contributed by atoms with Crippen LogP contribution in [0, 0.1) is 0 Å². The van der Waals surface area contributed by atoms with E-state index in [0.29, 0.717) is 19.7 Å². The number of rotatable bonds is 3. The van der Waals surface area contributed by atoms with Crippen molar-refractivity contribution in [1.82, 2.24) is 9.29 Å². The van der Waals surface area contributed by atoms with Gasteiger partial charge in [0.15, 0.2) is 0 Å². The second-order valence-electron chi connectivity index (χ2n) is 6.34. The minimum atomic E-state index is -3.70. The summed E-state index contributed by atoms with van der Waals surface area (Å²) >= 11 is 0. The molecule has 1 aliphatic heterocycles. The maximum Gasteiger partial charge on any atom is 0.352 e. The smallest absolute Gasteiger partial charge is 0.352 e. The van der Waals surface area contributed by atoms with E-state index in [-0.39, 0.29) is 16.2 Å². The molecule has 1 saturated carbocycles. The quantitative estimate of drug-likeness (QED) is 0.873. The molecule has 8 heteroatoms. The summed E-state index contributed by atoms with van der Waals surface area (Å²) in [5, 5.41) is 8.94. The number of nitrogens with one attached hydrogen (secondary N) is 1. The summed E-state index contributed by atoms with van der Waals surface area (Å²) in [7, 11) is -3.70. The molecular formula is C15H22N2O5S. The normalized spacial score (nSPS) is 22.8. The lowest BCUT2D eigenvalue weighted by atomic mass is 9.93. The highest BCUT2D eigenvalue weighted by atomic mass is 32.2. The average molecular weight is 342 g/mol. The highest BCUT2D eigenvalue weighted by Gasteiger charge is 2.41. The Balaban J connectivity index is 1.82. The molecule has 2 heterocycles. The van der Waals surface area contributed by atoms with E-state index < -0.39 is 16.0 Å². The van der Waals surface area contributed by atoms with Crippen LogP contribution in [0.1, 0.15) is 49.0 Å². The first kappa shape index (κ1) is 16.5. The highest BCUT2D eigenvalue weighted by molar-refractivity contribution is 7.89. The number of carboxylic acid groups (broad SMARTS) is 1. The topological polar surface area (TPSA) is 99.7 Å². The number of H-pyrrole nitrogens is 1. The van der Waals surface area contributed by atoms with Crippen molar-refractivity contribution in [3.05, 3.63) is 18.0 Å². The van der Waals surface area contributed by atoms with Gasteiger partial charge in [-0.3, -0.25) is 0 Å². The SMILES string of the molecule is O=C(O)c1cc(S(=O)(=O)N2CCOC3(CCCCCC3)C2)c[nH]1. The van der Waals surface area contributed by atoms with Crippen LogP contribution in [0.2, 0.25) is 0 Å². The summed E-state index contributed by atoms with van der Waals surface area (Å²) in [5.74, 6) is -1.17. The van der Waals surface area contributed by atoms with Crippen LogP contribution in [0.15, 0.2) is 17.2 Å². The van der Waals surface area contributed by atoms with Gasteiger partial charge in [0.1, 0.15) is 10.6 Å². The molecule has 1 aromatic rings. The summed E-state index contributed by atoms with van der Waals surface area (Å²) in [6.07, 6.45) is 7.45. The Bertz CT molecular complexity index is 674. The van der Waals surface area contributed by atoms with Gasteiger partial charge >= 0.3 is 5.97 Å². The van der Waals surface area contributed by atoms with Crippen molar-refractivity contribution < 1.29 is 23.1 Å². The lowest BCUT2D eigenvalue weighted by molar-refractivity contribution is -0.0976. The summed E-state index contributed by atoms with van der Waals surface area (Å²) < 4.78 is 33.0. The maximum atomic E-state index is 12.8. The van der Waals surface area contributed by atoms with E-state index >= 15 is 0 Å². The minimum absolute atomic E-state index is 0.000530. The number of morpholine rings is 1. The Morgan fingerprint density at radius 1 is 1.26 bits per heavy atom. The van der Waals surface area contributed by atoms with Gasteiger partial charge in [0.2, 0.25) is 10.0 Å². The lowest BCUT2D eigenvalue weighted by Gasteiger charge is -2.41. The first-order valence-corrected chi connectivity index (χ1v) is 9.43. The van der Waals surface area contributed by atoms with Crippen LogP contribution in [0.3, 0.4) is 0 Å². The van der Waals surface area contributed by atoms with E-state index in [9.17, 15) is 13.2 Å². The fourth-order valence-corrected chi connectivity index (χ4v) is 4.98. The average Bonchev–Trinajstić information content (AvgIpc) is 2.93. The number of ether oxygens (including phenoxy) is 1. The Kier molecular flexibility index (Phi) is 4.48.